The Balaban J connectivity index is 0.00000324. The van der Waals surface area contributed by atoms with Crippen LogP contribution in [0.15, 0.2) is 41.9 Å². The molecule has 0 aliphatic carbocycles. The predicted octanol–water partition coefficient (Wildman–Crippen LogP) is -1.40. The largest absolute Gasteiger partial charge is 1.00 e. The van der Waals surface area contributed by atoms with Gasteiger partial charge in [-0.2, -0.15) is 10.5 Å². The minimum absolute atomic E-state index is 0. The Morgan fingerprint density at radius 1 is 1.32 bits per heavy atom. The first-order valence-electron chi connectivity index (χ1n) is 5.49. The van der Waals surface area contributed by atoms with Crippen molar-refractivity contribution in [3.8, 4) is 12.1 Å². The van der Waals surface area contributed by atoms with E-state index in [1.165, 1.54) is 7.11 Å². The molecule has 0 amide bonds. The number of ether oxygens (including phenoxy) is 1. The average Bonchev–Trinajstić information content (AvgIpc) is 2.45. The first-order valence-corrected chi connectivity index (χ1v) is 5.49. The summed E-state index contributed by atoms with van der Waals surface area (Å²) in [5.74, 6) is -0.759. The van der Waals surface area contributed by atoms with Crippen LogP contribution >= 0.6 is 0 Å². The molecule has 0 spiro atoms. The van der Waals surface area contributed by atoms with Gasteiger partial charge in [0, 0.05) is 0 Å². The fourth-order valence-electron chi connectivity index (χ4n) is 1.86. The van der Waals surface area contributed by atoms with Crippen LogP contribution in [0.1, 0.15) is 18.9 Å². The fourth-order valence-corrected chi connectivity index (χ4v) is 1.86. The second kappa shape index (κ2) is 7.86. The maximum Gasteiger partial charge on any atom is 1.00 e. The normalized spacial score (nSPS) is 13.9. The molecule has 0 heterocycles. The van der Waals surface area contributed by atoms with Gasteiger partial charge >= 0.3 is 29.6 Å². The van der Waals surface area contributed by atoms with Crippen molar-refractivity contribution < 1.29 is 39.4 Å². The number of rotatable bonds is 4. The minimum atomic E-state index is -1.25. The molecule has 1 unspecified atom stereocenters. The topological polar surface area (TPSA) is 79.9 Å². The number of hydrogen-bond donors (Lipinski definition) is 0. The van der Waals surface area contributed by atoms with Crippen molar-refractivity contribution in [3.05, 3.63) is 47.4 Å². The van der Waals surface area contributed by atoms with Gasteiger partial charge in [0.1, 0.15) is 5.41 Å². The number of nitriles is 2. The maximum absolute atomic E-state index is 11.6. The van der Waals surface area contributed by atoms with Crippen LogP contribution in [0.25, 0.3) is 0 Å². The van der Waals surface area contributed by atoms with Crippen molar-refractivity contribution in [2.75, 3.05) is 7.11 Å². The van der Waals surface area contributed by atoms with E-state index in [9.17, 15) is 10.4 Å². The van der Waals surface area contributed by atoms with Gasteiger partial charge in [0.2, 0.25) is 0 Å². The van der Waals surface area contributed by atoms with E-state index < -0.39 is 11.4 Å². The van der Waals surface area contributed by atoms with E-state index in [4.69, 9.17) is 5.26 Å². The van der Waals surface area contributed by atoms with Gasteiger partial charge in [-0.05, 0) is 19.1 Å². The Kier molecular flexibility index (Phi) is 7.26. The molecule has 92 valence electrons. The second-order valence-corrected chi connectivity index (χ2v) is 3.72. The number of allylic oxidation sites excluding steroid dienone is 1. The van der Waals surface area contributed by atoms with E-state index in [2.05, 4.69) is 10.8 Å². The second-order valence-electron chi connectivity index (χ2n) is 3.72. The molecule has 4 nitrogen and oxygen atoms in total. The molecule has 0 radical (unpaired) electrons. The Hall–Kier alpha value is -1.46. The maximum atomic E-state index is 11.6. The molecule has 1 rings (SSSR count). The molecule has 0 aliphatic rings. The van der Waals surface area contributed by atoms with Crippen LogP contribution in [-0.4, -0.2) is 7.11 Å². The standard InChI is InChI=1S/C14H14N2O2.Na/c1-3-14(10-16,11-7-5-4-6-8-11)12(9-15)13(17)18-2;/h4-8,17H,3H2,1-2H3;/q;+1/p-1/b13-12-;. The first-order chi connectivity index (χ1) is 8.66. The third kappa shape index (κ3) is 3.30. The summed E-state index contributed by atoms with van der Waals surface area (Å²) in [5, 5.41) is 30.2. The number of methoxy groups -OCH3 is 1. The van der Waals surface area contributed by atoms with E-state index in [0.717, 1.165) is 0 Å². The Morgan fingerprint density at radius 3 is 2.26 bits per heavy atom. The summed E-state index contributed by atoms with van der Waals surface area (Å²) >= 11 is 0. The third-order valence-electron chi connectivity index (χ3n) is 2.92. The van der Waals surface area contributed by atoms with Crippen molar-refractivity contribution in [1.29, 1.82) is 10.5 Å². The van der Waals surface area contributed by atoms with Gasteiger partial charge in [-0.15, -0.1) is 0 Å². The summed E-state index contributed by atoms with van der Waals surface area (Å²) in [6.45, 7) is 1.76. The smallest absolute Gasteiger partial charge is 0.616 e. The van der Waals surface area contributed by atoms with Crippen LogP contribution in [0.2, 0.25) is 0 Å². The van der Waals surface area contributed by atoms with Crippen molar-refractivity contribution in [2.24, 2.45) is 0 Å². The predicted molar refractivity (Wildman–Crippen MR) is 63.7 cm³/mol. The molecule has 0 aliphatic heterocycles. The van der Waals surface area contributed by atoms with Crippen LogP contribution in [0.5, 0.6) is 0 Å². The first kappa shape index (κ1) is 17.5. The van der Waals surface area contributed by atoms with Crippen molar-refractivity contribution in [2.45, 2.75) is 18.8 Å². The average molecular weight is 264 g/mol. The van der Waals surface area contributed by atoms with Crippen LogP contribution < -0.4 is 34.7 Å². The van der Waals surface area contributed by atoms with E-state index in [1.54, 1.807) is 31.2 Å². The van der Waals surface area contributed by atoms with Crippen molar-refractivity contribution in [3.63, 3.8) is 0 Å². The van der Waals surface area contributed by atoms with Crippen LogP contribution in [0, 0.1) is 22.7 Å². The van der Waals surface area contributed by atoms with Crippen molar-refractivity contribution >= 4 is 0 Å². The zero-order valence-corrected chi connectivity index (χ0v) is 13.3. The van der Waals surface area contributed by atoms with Crippen LogP contribution in [-0.2, 0) is 10.2 Å². The van der Waals surface area contributed by atoms with Crippen LogP contribution in [0.4, 0.5) is 0 Å². The molecule has 0 saturated carbocycles. The summed E-state index contributed by atoms with van der Waals surface area (Å²) < 4.78 is 4.58. The molecular weight excluding hydrogens is 251 g/mol. The van der Waals surface area contributed by atoms with Gasteiger partial charge in [0.05, 0.1) is 23.7 Å². The van der Waals surface area contributed by atoms with Gasteiger partial charge in [-0.1, -0.05) is 37.3 Å². The summed E-state index contributed by atoms with van der Waals surface area (Å²) in [6, 6.07) is 12.7. The Labute approximate surface area is 135 Å². The molecule has 1 aromatic rings. The quantitative estimate of drug-likeness (QED) is 0.381. The van der Waals surface area contributed by atoms with E-state index in [1.807, 2.05) is 12.1 Å². The SMILES string of the molecule is CCC(C#N)(/C(C#N)=C(/[O-])OC)c1ccccc1.[Na+]. The Morgan fingerprint density at radius 2 is 1.89 bits per heavy atom. The van der Waals surface area contributed by atoms with E-state index in [-0.39, 0.29) is 35.1 Å². The summed E-state index contributed by atoms with van der Waals surface area (Å²) in [5.41, 5.74) is -0.804. The monoisotopic (exact) mass is 264 g/mol. The number of hydrogen-bond acceptors (Lipinski definition) is 4. The Bertz CT molecular complexity index is 529. The summed E-state index contributed by atoms with van der Waals surface area (Å²) in [4.78, 5) is 0. The van der Waals surface area contributed by atoms with Gasteiger partial charge in [-0.3, -0.25) is 0 Å². The molecule has 0 saturated heterocycles. The minimum Gasteiger partial charge on any atom is -0.616 e. The molecule has 0 bridgehead atoms. The van der Waals surface area contributed by atoms with Gasteiger partial charge in [0.15, 0.2) is 0 Å². The van der Waals surface area contributed by atoms with Crippen molar-refractivity contribution in [1.82, 2.24) is 0 Å². The zero-order chi connectivity index (χ0) is 13.6. The van der Waals surface area contributed by atoms with Gasteiger partial charge < -0.3 is 9.84 Å². The molecular formula is C14H13N2NaO2. The summed E-state index contributed by atoms with van der Waals surface area (Å²) in [7, 11) is 1.20. The molecule has 0 N–H and O–H groups in total. The zero-order valence-electron chi connectivity index (χ0n) is 11.3. The molecule has 1 atom stereocenters. The summed E-state index contributed by atoms with van der Waals surface area (Å²) in [6.07, 6.45) is 0.325. The molecule has 19 heavy (non-hydrogen) atoms. The van der Waals surface area contributed by atoms with Crippen LogP contribution in [0.3, 0.4) is 0 Å². The number of benzene rings is 1. The van der Waals surface area contributed by atoms with Gasteiger partial charge in [0.25, 0.3) is 0 Å². The molecule has 1 aromatic carbocycles. The molecule has 0 fully saturated rings. The van der Waals surface area contributed by atoms with Gasteiger partial charge in [-0.25, -0.2) is 0 Å². The molecule has 5 heteroatoms. The van der Waals surface area contributed by atoms with E-state index >= 15 is 0 Å². The number of nitrogens with zero attached hydrogens (tertiary/aromatic N) is 2. The molecule has 0 aromatic heterocycles. The van der Waals surface area contributed by atoms with E-state index in [0.29, 0.717) is 12.0 Å². The third-order valence-corrected chi connectivity index (χ3v) is 2.92. The fraction of sp³-hybridized carbons (Fsp3) is 0.286.